The lowest BCUT2D eigenvalue weighted by atomic mass is 9.61. The summed E-state index contributed by atoms with van der Waals surface area (Å²) in [5.41, 5.74) is 2.78. The normalized spacial score (nSPS) is 17.3. The summed E-state index contributed by atoms with van der Waals surface area (Å²) in [6.07, 6.45) is 11.8. The first-order valence-electron chi connectivity index (χ1n) is 17.1. The first-order valence-corrected chi connectivity index (χ1v) is 17.1. The number of rotatable bonds is 14. The molecule has 0 unspecified atom stereocenters. The molecule has 1 saturated carbocycles. The number of fused-ring (bicyclic) bond motifs is 1. The lowest BCUT2D eigenvalue weighted by Crippen LogP contribution is -2.65. The van der Waals surface area contributed by atoms with Crippen LogP contribution in [0.3, 0.4) is 0 Å². The summed E-state index contributed by atoms with van der Waals surface area (Å²) in [6.45, 7) is 12.1. The Kier molecular flexibility index (Phi) is 10.2. The number of hydrogen-bond acceptors (Lipinski definition) is 9. The molecule has 11 heteroatoms. The molecule has 47 heavy (non-hydrogen) atoms. The van der Waals surface area contributed by atoms with Crippen LogP contribution in [0.5, 0.6) is 17.2 Å². The number of anilines is 1. The lowest BCUT2D eigenvalue weighted by molar-refractivity contribution is -0.0352. The van der Waals surface area contributed by atoms with Gasteiger partial charge in [-0.25, -0.2) is 14.4 Å². The van der Waals surface area contributed by atoms with Gasteiger partial charge in [0.2, 0.25) is 0 Å². The van der Waals surface area contributed by atoms with Crippen LogP contribution in [0.4, 0.5) is 10.2 Å². The molecule has 1 N–H and O–H groups in total. The number of pyridine rings is 1. The Morgan fingerprint density at radius 2 is 1.96 bits per heavy atom. The van der Waals surface area contributed by atoms with Gasteiger partial charge in [0.1, 0.15) is 29.7 Å². The van der Waals surface area contributed by atoms with Gasteiger partial charge in [-0.3, -0.25) is 14.7 Å². The van der Waals surface area contributed by atoms with Gasteiger partial charge in [-0.15, -0.1) is 0 Å². The van der Waals surface area contributed by atoms with E-state index in [1.807, 2.05) is 40.1 Å². The maximum absolute atomic E-state index is 14.3. The molecule has 2 fully saturated rings. The van der Waals surface area contributed by atoms with E-state index in [0.29, 0.717) is 18.1 Å². The van der Waals surface area contributed by atoms with Crippen LogP contribution in [0.2, 0.25) is 0 Å². The van der Waals surface area contributed by atoms with Gasteiger partial charge in [-0.05, 0) is 90.9 Å². The van der Waals surface area contributed by atoms with Crippen LogP contribution in [0.25, 0.3) is 0 Å². The van der Waals surface area contributed by atoms with Crippen molar-refractivity contribution in [1.29, 1.82) is 0 Å². The number of ether oxygens (including phenoxy) is 2. The van der Waals surface area contributed by atoms with Crippen LogP contribution in [-0.2, 0) is 13.0 Å². The predicted octanol–water partition coefficient (Wildman–Crippen LogP) is 5.47. The smallest absolute Gasteiger partial charge is 0.257 e. The third kappa shape index (κ3) is 7.36. The van der Waals surface area contributed by atoms with Crippen LogP contribution >= 0.6 is 0 Å². The number of carbonyl (C=O) groups is 1. The summed E-state index contributed by atoms with van der Waals surface area (Å²) in [7, 11) is 2.01. The zero-order valence-electron chi connectivity index (χ0n) is 28.2. The molecule has 252 valence electrons. The van der Waals surface area contributed by atoms with Crippen LogP contribution in [-0.4, -0.2) is 89.1 Å². The fourth-order valence-electron chi connectivity index (χ4n) is 7.32. The molecule has 4 heterocycles. The SMILES string of the molecule is CCN(C(=O)c1cc(F)ccc1Oc1cncnc1N1CC2(CC(Oc3ccnc4c3CN(CCCCCNC)CC4)C2)C1)C(C)C. The predicted molar refractivity (Wildman–Crippen MR) is 180 cm³/mol. The molecule has 6 rings (SSSR count). The molecule has 0 bridgehead atoms. The second-order valence-corrected chi connectivity index (χ2v) is 13.6. The summed E-state index contributed by atoms with van der Waals surface area (Å²) in [4.78, 5) is 33.2. The first kappa shape index (κ1) is 33.1. The van der Waals surface area contributed by atoms with Crippen molar-refractivity contribution < 1.29 is 18.7 Å². The van der Waals surface area contributed by atoms with Crippen molar-refractivity contribution in [1.82, 2.24) is 30.1 Å². The highest BCUT2D eigenvalue weighted by Crippen LogP contribution is 2.52. The molecule has 2 aromatic heterocycles. The van der Waals surface area contributed by atoms with Gasteiger partial charge < -0.3 is 24.6 Å². The average molecular weight is 646 g/mol. The van der Waals surface area contributed by atoms with E-state index in [9.17, 15) is 9.18 Å². The van der Waals surface area contributed by atoms with Crippen LogP contribution in [0, 0.1) is 11.2 Å². The molecule has 3 aromatic rings. The number of nitrogens with zero attached hydrogens (tertiary/aromatic N) is 6. The molecule has 1 aromatic carbocycles. The largest absolute Gasteiger partial charge is 0.490 e. The van der Waals surface area contributed by atoms with Gasteiger partial charge in [-0.1, -0.05) is 6.42 Å². The van der Waals surface area contributed by atoms with E-state index in [2.05, 4.69) is 30.1 Å². The van der Waals surface area contributed by atoms with E-state index >= 15 is 0 Å². The van der Waals surface area contributed by atoms with Gasteiger partial charge >= 0.3 is 0 Å². The zero-order valence-corrected chi connectivity index (χ0v) is 28.2. The Bertz CT molecular complexity index is 1540. The maximum atomic E-state index is 14.3. The monoisotopic (exact) mass is 645 g/mol. The average Bonchev–Trinajstić information content (AvgIpc) is 3.03. The van der Waals surface area contributed by atoms with Crippen molar-refractivity contribution in [2.75, 3.05) is 51.2 Å². The Labute approximate surface area is 277 Å². The standard InChI is InChI=1S/C36H48FN7O3/c1-5-44(25(2)3)35(45)28-17-26(37)9-10-31(28)47-33-20-39-24-41-34(33)43-22-36(23-43)18-27(19-36)46-32-11-14-40-30-12-16-42(21-29(30)32)15-8-6-7-13-38-4/h9-11,14,17,20,24-25,27,38H,5-8,12-13,15-16,18-19,21-23H2,1-4H3. The Morgan fingerprint density at radius 3 is 2.72 bits per heavy atom. The second kappa shape index (κ2) is 14.5. The van der Waals surface area contributed by atoms with Crippen molar-refractivity contribution in [3.63, 3.8) is 0 Å². The number of amides is 1. The molecule has 1 saturated heterocycles. The van der Waals surface area contributed by atoms with E-state index in [0.717, 1.165) is 64.3 Å². The fraction of sp³-hybridized carbons (Fsp3) is 0.556. The molecule has 1 amide bonds. The van der Waals surface area contributed by atoms with E-state index in [4.69, 9.17) is 9.47 Å². The van der Waals surface area contributed by atoms with Gasteiger partial charge in [0.15, 0.2) is 11.6 Å². The molecule has 10 nitrogen and oxygen atoms in total. The number of aromatic nitrogens is 3. The Morgan fingerprint density at radius 1 is 1.13 bits per heavy atom. The van der Waals surface area contributed by atoms with Crippen molar-refractivity contribution in [2.24, 2.45) is 5.41 Å². The molecule has 2 aliphatic heterocycles. The van der Waals surface area contributed by atoms with E-state index < -0.39 is 5.82 Å². The first-order chi connectivity index (χ1) is 22.8. The number of benzene rings is 1. The number of carbonyl (C=O) groups excluding carboxylic acids is 1. The molecule has 0 atom stereocenters. The summed E-state index contributed by atoms with van der Waals surface area (Å²) in [5, 5.41) is 3.23. The second-order valence-electron chi connectivity index (χ2n) is 13.6. The highest BCUT2D eigenvalue weighted by molar-refractivity contribution is 5.97. The number of halogens is 1. The third-order valence-corrected chi connectivity index (χ3v) is 9.79. The van der Waals surface area contributed by atoms with E-state index in [1.165, 1.54) is 55.0 Å². The van der Waals surface area contributed by atoms with Crippen LogP contribution in [0.15, 0.2) is 43.0 Å². The minimum Gasteiger partial charge on any atom is -0.490 e. The topological polar surface area (TPSA) is 96.0 Å². The zero-order chi connectivity index (χ0) is 33.0. The molecule has 0 radical (unpaired) electrons. The summed E-state index contributed by atoms with van der Waals surface area (Å²) < 4.78 is 27.2. The van der Waals surface area contributed by atoms with E-state index in [1.54, 1.807) is 11.1 Å². The number of hydrogen-bond donors (Lipinski definition) is 1. The molecular weight excluding hydrogens is 597 g/mol. The minimum atomic E-state index is -0.489. The Balaban J connectivity index is 1.06. The quantitative estimate of drug-likeness (QED) is 0.229. The Hall–Kier alpha value is -3.83. The maximum Gasteiger partial charge on any atom is 0.257 e. The van der Waals surface area contributed by atoms with Crippen molar-refractivity contribution >= 4 is 11.7 Å². The fourth-order valence-corrected chi connectivity index (χ4v) is 7.32. The van der Waals surface area contributed by atoms with Gasteiger partial charge in [-0.2, -0.15) is 0 Å². The highest BCUT2D eigenvalue weighted by Gasteiger charge is 2.54. The number of unbranched alkanes of at least 4 members (excludes halogenated alkanes) is 2. The summed E-state index contributed by atoms with van der Waals surface area (Å²) in [5.74, 6) is 1.62. The van der Waals surface area contributed by atoms with Gasteiger partial charge in [0.05, 0.1) is 11.8 Å². The summed E-state index contributed by atoms with van der Waals surface area (Å²) in [6, 6.07) is 6.05. The van der Waals surface area contributed by atoms with Gasteiger partial charge in [0.25, 0.3) is 5.91 Å². The van der Waals surface area contributed by atoms with E-state index in [-0.39, 0.29) is 34.8 Å². The van der Waals surface area contributed by atoms with Crippen molar-refractivity contribution in [3.8, 4) is 17.2 Å². The molecule has 3 aliphatic rings. The summed E-state index contributed by atoms with van der Waals surface area (Å²) >= 11 is 0. The highest BCUT2D eigenvalue weighted by atomic mass is 19.1. The minimum absolute atomic E-state index is 0.0336. The lowest BCUT2D eigenvalue weighted by Gasteiger charge is -2.59. The van der Waals surface area contributed by atoms with Gasteiger partial charge in [0, 0.05) is 68.1 Å². The molecule has 1 aliphatic carbocycles. The van der Waals surface area contributed by atoms with Crippen molar-refractivity contribution in [3.05, 3.63) is 65.6 Å². The molecular formula is C36H48FN7O3. The van der Waals surface area contributed by atoms with Crippen LogP contribution in [0.1, 0.15) is 74.5 Å². The van der Waals surface area contributed by atoms with Crippen LogP contribution < -0.4 is 19.7 Å². The third-order valence-electron chi connectivity index (χ3n) is 9.79. The van der Waals surface area contributed by atoms with Crippen molar-refractivity contribution in [2.45, 2.75) is 78.0 Å². The number of nitrogens with one attached hydrogen (secondary N) is 1. The molecule has 1 spiro atoms.